The Hall–Kier alpha value is -2.32. The molecule has 1 fully saturated rings. The van der Waals surface area contributed by atoms with Crippen LogP contribution in [0.4, 0.5) is 4.39 Å². The van der Waals surface area contributed by atoms with Crippen LogP contribution in [0.5, 0.6) is 0 Å². The maximum Gasteiger partial charge on any atom is 0.227 e. The van der Waals surface area contributed by atoms with Crippen LogP contribution in [-0.2, 0) is 18.4 Å². The van der Waals surface area contributed by atoms with Gasteiger partial charge < -0.3 is 14.8 Å². The molecule has 2 heterocycles. The zero-order valence-corrected chi connectivity index (χ0v) is 15.1. The minimum absolute atomic E-state index is 0. The van der Waals surface area contributed by atoms with Crippen molar-refractivity contribution in [1.29, 1.82) is 0 Å². The normalized spacial score (nSPS) is 15.3. The van der Waals surface area contributed by atoms with Crippen molar-refractivity contribution in [3.8, 4) is 11.4 Å². The summed E-state index contributed by atoms with van der Waals surface area (Å²) < 4.78 is 23.9. The molecule has 26 heavy (non-hydrogen) atoms. The van der Waals surface area contributed by atoms with Gasteiger partial charge in [0.25, 0.3) is 0 Å². The summed E-state index contributed by atoms with van der Waals surface area (Å²) in [6.45, 7) is 1.69. The van der Waals surface area contributed by atoms with Crippen LogP contribution in [0.1, 0.15) is 42.4 Å². The van der Waals surface area contributed by atoms with Crippen LogP contribution in [0.3, 0.4) is 0 Å². The van der Waals surface area contributed by atoms with Gasteiger partial charge in [0.1, 0.15) is 5.82 Å². The van der Waals surface area contributed by atoms with E-state index in [9.17, 15) is 4.39 Å². The minimum atomic E-state index is -0.431. The molecule has 0 radical (unpaired) electrons. The first-order chi connectivity index (χ1) is 12.0. The standard InChI is InChI=1S/C17H18FN5O2.ClH/c1-10-9-11(3-4-12(10)18)15-20-13(24-22-15)5-6-14-21-16(23-25-14)17(19)7-2-8-17;/h3-4,9H,2,5-8,19H2,1H3;1H. The van der Waals surface area contributed by atoms with Gasteiger partial charge in [0, 0.05) is 18.4 Å². The molecule has 0 amide bonds. The molecule has 1 aromatic carbocycles. The van der Waals surface area contributed by atoms with Crippen LogP contribution < -0.4 is 5.73 Å². The van der Waals surface area contributed by atoms with E-state index in [2.05, 4.69) is 20.3 Å². The summed E-state index contributed by atoms with van der Waals surface area (Å²) in [5.41, 5.74) is 7.00. The summed E-state index contributed by atoms with van der Waals surface area (Å²) in [5.74, 6) is 1.71. The zero-order valence-electron chi connectivity index (χ0n) is 14.2. The zero-order chi connectivity index (χ0) is 17.4. The molecule has 1 aliphatic rings. The highest BCUT2D eigenvalue weighted by molar-refractivity contribution is 5.85. The Morgan fingerprint density at radius 1 is 1.12 bits per heavy atom. The van der Waals surface area contributed by atoms with E-state index in [0.717, 1.165) is 19.3 Å². The summed E-state index contributed by atoms with van der Waals surface area (Å²) in [4.78, 5) is 8.71. The van der Waals surface area contributed by atoms with Crippen LogP contribution in [0.2, 0.25) is 0 Å². The molecule has 0 atom stereocenters. The Kier molecular flexibility index (Phi) is 5.06. The lowest BCUT2D eigenvalue weighted by molar-refractivity contribution is 0.229. The number of nitrogens with zero attached hydrogens (tertiary/aromatic N) is 4. The molecule has 7 nitrogen and oxygen atoms in total. The SMILES string of the molecule is Cc1cc(-c2noc(CCc3nc(C4(N)CCC4)no3)n2)ccc1F.Cl. The molecular weight excluding hydrogens is 361 g/mol. The summed E-state index contributed by atoms with van der Waals surface area (Å²) in [6, 6.07) is 4.71. The van der Waals surface area contributed by atoms with Crippen LogP contribution in [0.25, 0.3) is 11.4 Å². The van der Waals surface area contributed by atoms with Crippen LogP contribution in [0.15, 0.2) is 27.2 Å². The van der Waals surface area contributed by atoms with Gasteiger partial charge in [-0.15, -0.1) is 12.4 Å². The van der Waals surface area contributed by atoms with E-state index < -0.39 is 5.54 Å². The maximum atomic E-state index is 13.3. The minimum Gasteiger partial charge on any atom is -0.339 e. The third-order valence-corrected chi connectivity index (χ3v) is 4.60. The van der Waals surface area contributed by atoms with Gasteiger partial charge in [0.2, 0.25) is 17.6 Å². The van der Waals surface area contributed by atoms with Crippen molar-refractivity contribution >= 4 is 12.4 Å². The lowest BCUT2D eigenvalue weighted by Gasteiger charge is -2.34. The van der Waals surface area contributed by atoms with E-state index in [0.29, 0.717) is 47.4 Å². The number of benzene rings is 1. The number of rotatable bonds is 5. The largest absolute Gasteiger partial charge is 0.339 e. The van der Waals surface area contributed by atoms with Gasteiger partial charge in [-0.25, -0.2) is 4.39 Å². The monoisotopic (exact) mass is 379 g/mol. The van der Waals surface area contributed by atoms with Gasteiger partial charge in [-0.05, 0) is 49.9 Å². The molecule has 0 saturated heterocycles. The van der Waals surface area contributed by atoms with Crippen molar-refractivity contribution in [2.75, 3.05) is 0 Å². The Morgan fingerprint density at radius 2 is 1.81 bits per heavy atom. The second-order valence-corrected chi connectivity index (χ2v) is 6.50. The van der Waals surface area contributed by atoms with Gasteiger partial charge >= 0.3 is 0 Å². The average Bonchev–Trinajstić information content (AvgIpc) is 3.22. The van der Waals surface area contributed by atoms with Gasteiger partial charge in [-0.2, -0.15) is 9.97 Å². The van der Waals surface area contributed by atoms with Crippen molar-refractivity contribution in [2.24, 2.45) is 5.73 Å². The first-order valence-electron chi connectivity index (χ1n) is 8.24. The third kappa shape index (κ3) is 3.47. The molecule has 2 N–H and O–H groups in total. The Bertz CT molecular complexity index is 906. The fraction of sp³-hybridized carbons (Fsp3) is 0.412. The molecule has 3 aromatic rings. The van der Waals surface area contributed by atoms with E-state index in [-0.39, 0.29) is 18.2 Å². The molecular formula is C17H19ClFN5O2. The Labute approximate surface area is 155 Å². The molecule has 138 valence electrons. The molecule has 4 rings (SSSR count). The van der Waals surface area contributed by atoms with Crippen molar-refractivity contribution in [3.05, 3.63) is 47.2 Å². The molecule has 0 aliphatic heterocycles. The highest BCUT2D eigenvalue weighted by Crippen LogP contribution is 2.36. The lowest BCUT2D eigenvalue weighted by Crippen LogP contribution is -2.44. The average molecular weight is 380 g/mol. The van der Waals surface area contributed by atoms with Crippen molar-refractivity contribution in [3.63, 3.8) is 0 Å². The third-order valence-electron chi connectivity index (χ3n) is 4.60. The first-order valence-corrected chi connectivity index (χ1v) is 8.24. The maximum absolute atomic E-state index is 13.3. The number of aryl methyl sites for hydroxylation is 3. The van der Waals surface area contributed by atoms with E-state index in [1.54, 1.807) is 19.1 Å². The van der Waals surface area contributed by atoms with E-state index in [1.165, 1.54) is 6.07 Å². The summed E-state index contributed by atoms with van der Waals surface area (Å²) >= 11 is 0. The number of nitrogens with two attached hydrogens (primary N) is 1. The highest BCUT2D eigenvalue weighted by atomic mass is 35.5. The van der Waals surface area contributed by atoms with Gasteiger partial charge in [-0.1, -0.05) is 10.3 Å². The highest BCUT2D eigenvalue weighted by Gasteiger charge is 2.38. The fourth-order valence-corrected chi connectivity index (χ4v) is 2.81. The summed E-state index contributed by atoms with van der Waals surface area (Å²) in [5, 5.41) is 7.92. The molecule has 1 aliphatic carbocycles. The Balaban J connectivity index is 0.00000196. The molecule has 9 heteroatoms. The quantitative estimate of drug-likeness (QED) is 0.726. The molecule has 1 saturated carbocycles. The van der Waals surface area contributed by atoms with E-state index in [4.69, 9.17) is 14.8 Å². The van der Waals surface area contributed by atoms with E-state index >= 15 is 0 Å². The predicted octanol–water partition coefficient (Wildman–Crippen LogP) is 3.11. The van der Waals surface area contributed by atoms with Crippen molar-refractivity contribution in [1.82, 2.24) is 20.3 Å². The fourth-order valence-electron chi connectivity index (χ4n) is 2.81. The molecule has 0 spiro atoms. The van der Waals surface area contributed by atoms with Crippen molar-refractivity contribution in [2.45, 2.75) is 44.6 Å². The topological polar surface area (TPSA) is 104 Å². The Morgan fingerprint density at radius 3 is 2.46 bits per heavy atom. The summed E-state index contributed by atoms with van der Waals surface area (Å²) in [6.07, 6.45) is 3.83. The predicted molar refractivity (Wildman–Crippen MR) is 93.1 cm³/mol. The van der Waals surface area contributed by atoms with Gasteiger partial charge in [-0.3, -0.25) is 0 Å². The number of hydrogen-bond acceptors (Lipinski definition) is 7. The van der Waals surface area contributed by atoms with Gasteiger partial charge in [0.05, 0.1) is 5.54 Å². The first kappa shape index (κ1) is 18.5. The van der Waals surface area contributed by atoms with Crippen LogP contribution in [-0.4, -0.2) is 20.3 Å². The van der Waals surface area contributed by atoms with Crippen LogP contribution in [0, 0.1) is 12.7 Å². The van der Waals surface area contributed by atoms with Crippen molar-refractivity contribution < 1.29 is 13.4 Å². The number of hydrogen-bond donors (Lipinski definition) is 1. The van der Waals surface area contributed by atoms with Gasteiger partial charge in [0.15, 0.2) is 5.82 Å². The second-order valence-electron chi connectivity index (χ2n) is 6.50. The van der Waals surface area contributed by atoms with Crippen LogP contribution >= 0.6 is 12.4 Å². The lowest BCUT2D eigenvalue weighted by atomic mass is 9.77. The molecule has 0 unspecified atom stereocenters. The second kappa shape index (κ2) is 7.13. The molecule has 2 aromatic heterocycles. The number of aromatic nitrogens is 4. The number of halogens is 2. The smallest absolute Gasteiger partial charge is 0.227 e. The summed E-state index contributed by atoms with van der Waals surface area (Å²) in [7, 11) is 0. The van der Waals surface area contributed by atoms with E-state index in [1.807, 2.05) is 0 Å². The molecule has 0 bridgehead atoms.